The molecule has 2 heterocycles. The number of hydrogen-bond donors (Lipinski definition) is 1. The first-order valence-corrected chi connectivity index (χ1v) is 8.01. The van der Waals surface area contributed by atoms with Crippen molar-refractivity contribution in [1.82, 2.24) is 9.80 Å². The fourth-order valence-electron chi connectivity index (χ4n) is 2.87. The van der Waals surface area contributed by atoms with Crippen molar-refractivity contribution < 1.29 is 14.0 Å². The van der Waals surface area contributed by atoms with Gasteiger partial charge in [-0.15, -0.1) is 0 Å². The molecule has 1 fully saturated rings. The second-order valence-corrected chi connectivity index (χ2v) is 5.95. The van der Waals surface area contributed by atoms with Gasteiger partial charge in [-0.05, 0) is 37.1 Å². The van der Waals surface area contributed by atoms with Gasteiger partial charge < -0.3 is 19.5 Å². The number of hydrogen-bond acceptors (Lipinski definition) is 3. The molecule has 0 bridgehead atoms. The predicted octanol–water partition coefficient (Wildman–Crippen LogP) is 2.89. The Morgan fingerprint density at radius 2 is 1.58 bits per heavy atom. The number of urea groups is 1. The summed E-state index contributed by atoms with van der Waals surface area (Å²) in [6.07, 6.45) is 1.49. The summed E-state index contributed by atoms with van der Waals surface area (Å²) in [6.45, 7) is 5.96. The van der Waals surface area contributed by atoms with Gasteiger partial charge in [0.05, 0.1) is 6.26 Å². The first kappa shape index (κ1) is 16.1. The molecular weight excluding hydrogens is 306 g/mol. The summed E-state index contributed by atoms with van der Waals surface area (Å²) in [5, 5.41) is 2.98. The molecule has 1 aromatic carbocycles. The lowest BCUT2D eigenvalue weighted by Crippen LogP contribution is -2.51. The van der Waals surface area contributed by atoms with E-state index < -0.39 is 0 Å². The molecule has 24 heavy (non-hydrogen) atoms. The molecule has 1 aliphatic rings. The summed E-state index contributed by atoms with van der Waals surface area (Å²) in [5.74, 6) is 0.207. The molecule has 0 unspecified atom stereocenters. The lowest BCUT2D eigenvalue weighted by atomic mass is 10.1. The van der Waals surface area contributed by atoms with E-state index in [1.54, 1.807) is 21.9 Å². The van der Waals surface area contributed by atoms with Crippen molar-refractivity contribution in [3.05, 3.63) is 53.5 Å². The van der Waals surface area contributed by atoms with Crippen molar-refractivity contribution >= 4 is 17.6 Å². The van der Waals surface area contributed by atoms with Crippen molar-refractivity contribution in [3.8, 4) is 0 Å². The molecule has 2 aromatic rings. The first-order valence-electron chi connectivity index (χ1n) is 8.01. The van der Waals surface area contributed by atoms with E-state index in [-0.39, 0.29) is 11.9 Å². The standard InChI is InChI=1S/C18H21N3O3/c1-13-5-3-6-14(2)16(13)19-18(23)21-10-8-20(9-11-21)17(22)15-7-4-12-24-15/h3-7,12H,8-11H2,1-2H3,(H,19,23). The number of rotatable bonds is 2. The number of nitrogens with zero attached hydrogens (tertiary/aromatic N) is 2. The molecule has 3 amide bonds. The Kier molecular flexibility index (Phi) is 4.55. The zero-order valence-electron chi connectivity index (χ0n) is 13.9. The van der Waals surface area contributed by atoms with Gasteiger partial charge in [0, 0.05) is 31.9 Å². The normalized spacial score (nSPS) is 14.6. The summed E-state index contributed by atoms with van der Waals surface area (Å²) in [7, 11) is 0. The maximum absolute atomic E-state index is 12.5. The van der Waals surface area contributed by atoms with Crippen LogP contribution in [0.4, 0.5) is 10.5 Å². The first-order chi connectivity index (χ1) is 11.6. The Morgan fingerprint density at radius 1 is 0.958 bits per heavy atom. The molecule has 3 rings (SSSR count). The van der Waals surface area contributed by atoms with Crippen LogP contribution in [0, 0.1) is 13.8 Å². The summed E-state index contributed by atoms with van der Waals surface area (Å²) >= 11 is 0. The van der Waals surface area contributed by atoms with Crippen LogP contribution in [0.15, 0.2) is 41.0 Å². The van der Waals surface area contributed by atoms with Crippen molar-refractivity contribution in [1.29, 1.82) is 0 Å². The monoisotopic (exact) mass is 327 g/mol. The molecule has 1 saturated heterocycles. The van der Waals surface area contributed by atoms with Gasteiger partial charge in [0.25, 0.3) is 5.91 Å². The van der Waals surface area contributed by atoms with Crippen LogP contribution in [0.3, 0.4) is 0 Å². The minimum atomic E-state index is -0.130. The van der Waals surface area contributed by atoms with Crippen LogP contribution in [-0.2, 0) is 0 Å². The van der Waals surface area contributed by atoms with Crippen molar-refractivity contribution in [2.45, 2.75) is 13.8 Å². The van der Waals surface area contributed by atoms with Crippen molar-refractivity contribution in [2.24, 2.45) is 0 Å². The zero-order chi connectivity index (χ0) is 17.1. The van der Waals surface area contributed by atoms with Gasteiger partial charge in [-0.25, -0.2) is 4.79 Å². The molecule has 0 spiro atoms. The van der Waals surface area contributed by atoms with Crippen LogP contribution in [0.25, 0.3) is 0 Å². The summed E-state index contributed by atoms with van der Waals surface area (Å²) in [4.78, 5) is 28.1. The van der Waals surface area contributed by atoms with Gasteiger partial charge in [0.2, 0.25) is 0 Å². The van der Waals surface area contributed by atoms with E-state index in [0.29, 0.717) is 31.9 Å². The molecule has 0 saturated carbocycles. The number of furan rings is 1. The molecule has 1 aromatic heterocycles. The highest BCUT2D eigenvalue weighted by Crippen LogP contribution is 2.20. The summed E-state index contributed by atoms with van der Waals surface area (Å²) in [5.41, 5.74) is 2.93. The highest BCUT2D eigenvalue weighted by molar-refractivity contribution is 5.93. The van der Waals surface area contributed by atoms with Gasteiger partial charge in [-0.2, -0.15) is 0 Å². The minimum absolute atomic E-state index is 0.127. The second-order valence-electron chi connectivity index (χ2n) is 5.95. The van der Waals surface area contributed by atoms with E-state index in [1.165, 1.54) is 6.26 Å². The minimum Gasteiger partial charge on any atom is -0.459 e. The number of piperazine rings is 1. The Bertz CT molecular complexity index is 712. The quantitative estimate of drug-likeness (QED) is 0.922. The second kappa shape index (κ2) is 6.78. The van der Waals surface area contributed by atoms with Crippen LogP contribution in [0.5, 0.6) is 0 Å². The zero-order valence-corrected chi connectivity index (χ0v) is 13.9. The van der Waals surface area contributed by atoms with Gasteiger partial charge in [0.15, 0.2) is 5.76 Å². The van der Waals surface area contributed by atoms with E-state index in [0.717, 1.165) is 16.8 Å². The number of benzene rings is 1. The largest absolute Gasteiger partial charge is 0.459 e. The van der Waals surface area contributed by atoms with Crippen LogP contribution in [-0.4, -0.2) is 47.9 Å². The molecular formula is C18H21N3O3. The highest BCUT2D eigenvalue weighted by atomic mass is 16.3. The van der Waals surface area contributed by atoms with E-state index in [2.05, 4.69) is 5.32 Å². The predicted molar refractivity (Wildman–Crippen MR) is 91.1 cm³/mol. The van der Waals surface area contributed by atoms with Gasteiger partial charge >= 0.3 is 6.03 Å². The van der Waals surface area contributed by atoms with E-state index in [4.69, 9.17) is 4.42 Å². The molecule has 0 aliphatic carbocycles. The van der Waals surface area contributed by atoms with Crippen LogP contribution < -0.4 is 5.32 Å². The SMILES string of the molecule is Cc1cccc(C)c1NC(=O)N1CCN(C(=O)c2ccco2)CC1. The smallest absolute Gasteiger partial charge is 0.321 e. The third-order valence-corrected chi connectivity index (χ3v) is 4.30. The lowest BCUT2D eigenvalue weighted by molar-refractivity contribution is 0.0640. The maximum atomic E-state index is 12.5. The fraction of sp³-hybridized carbons (Fsp3) is 0.333. The topological polar surface area (TPSA) is 65.8 Å². The number of amides is 3. The van der Waals surface area contributed by atoms with E-state index in [1.807, 2.05) is 32.0 Å². The summed E-state index contributed by atoms with van der Waals surface area (Å²) < 4.78 is 5.14. The van der Waals surface area contributed by atoms with Gasteiger partial charge in [0.1, 0.15) is 0 Å². The highest BCUT2D eigenvalue weighted by Gasteiger charge is 2.26. The molecule has 0 atom stereocenters. The van der Waals surface area contributed by atoms with Crippen LogP contribution in [0.2, 0.25) is 0 Å². The number of aryl methyl sites for hydroxylation is 2. The molecule has 126 valence electrons. The number of para-hydroxylation sites is 1. The fourth-order valence-corrected chi connectivity index (χ4v) is 2.87. The number of nitrogens with one attached hydrogen (secondary N) is 1. The van der Waals surface area contributed by atoms with E-state index in [9.17, 15) is 9.59 Å². The molecule has 6 nitrogen and oxygen atoms in total. The van der Waals surface area contributed by atoms with Gasteiger partial charge in [-0.1, -0.05) is 18.2 Å². The Morgan fingerprint density at radius 3 is 2.17 bits per heavy atom. The average Bonchev–Trinajstić information content (AvgIpc) is 3.12. The van der Waals surface area contributed by atoms with E-state index >= 15 is 0 Å². The van der Waals surface area contributed by atoms with Crippen molar-refractivity contribution in [2.75, 3.05) is 31.5 Å². The number of carbonyl (C=O) groups is 2. The Balaban J connectivity index is 1.58. The van der Waals surface area contributed by atoms with Gasteiger partial charge in [-0.3, -0.25) is 4.79 Å². The van der Waals surface area contributed by atoms with Crippen LogP contribution >= 0.6 is 0 Å². The summed E-state index contributed by atoms with van der Waals surface area (Å²) in [6, 6.07) is 9.14. The average molecular weight is 327 g/mol. The third kappa shape index (κ3) is 3.27. The van der Waals surface area contributed by atoms with Crippen LogP contribution in [0.1, 0.15) is 21.7 Å². The molecule has 1 aliphatic heterocycles. The Labute approximate surface area is 141 Å². The number of anilines is 1. The molecule has 1 N–H and O–H groups in total. The maximum Gasteiger partial charge on any atom is 0.321 e. The number of carbonyl (C=O) groups excluding carboxylic acids is 2. The lowest BCUT2D eigenvalue weighted by Gasteiger charge is -2.34. The van der Waals surface area contributed by atoms with Crippen molar-refractivity contribution in [3.63, 3.8) is 0 Å². The molecule has 6 heteroatoms. The third-order valence-electron chi connectivity index (χ3n) is 4.30. The molecule has 0 radical (unpaired) electrons. The Hall–Kier alpha value is -2.76.